The zero-order valence-corrected chi connectivity index (χ0v) is 16.7. The summed E-state index contributed by atoms with van der Waals surface area (Å²) < 4.78 is 16.4. The lowest BCUT2D eigenvalue weighted by molar-refractivity contribution is -0.133. The lowest BCUT2D eigenvalue weighted by atomic mass is 10.2. The first-order valence-electron chi connectivity index (χ1n) is 8.06. The number of rotatable bonds is 9. The van der Waals surface area contributed by atoms with E-state index in [1.54, 1.807) is 30.3 Å². The van der Waals surface area contributed by atoms with Gasteiger partial charge in [0.2, 0.25) is 5.88 Å². The van der Waals surface area contributed by atoms with Crippen LogP contribution in [0.1, 0.15) is 26.7 Å². The Balaban J connectivity index is 1.84. The van der Waals surface area contributed by atoms with E-state index in [1.807, 2.05) is 13.8 Å². The van der Waals surface area contributed by atoms with E-state index >= 15 is 0 Å². The maximum Gasteiger partial charge on any atom is 0.317 e. The fraction of sp³-hybridized carbons (Fsp3) is 0.333. The summed E-state index contributed by atoms with van der Waals surface area (Å²) in [7, 11) is 0. The topological polar surface area (TPSA) is 57.7 Å². The summed E-state index contributed by atoms with van der Waals surface area (Å²) in [5.74, 6) is 2.03. The van der Waals surface area contributed by atoms with Crippen molar-refractivity contribution in [2.45, 2.75) is 32.8 Å². The van der Waals surface area contributed by atoms with Crippen LogP contribution in [0.15, 0.2) is 36.5 Å². The molecule has 0 radical (unpaired) electrons. The second-order valence-electron chi connectivity index (χ2n) is 5.34. The van der Waals surface area contributed by atoms with Crippen LogP contribution in [0.4, 0.5) is 0 Å². The van der Waals surface area contributed by atoms with Crippen molar-refractivity contribution < 1.29 is 18.5 Å². The minimum Gasteiger partial charge on any atom is -0.491 e. The smallest absolute Gasteiger partial charge is 0.317 e. The van der Waals surface area contributed by atoms with E-state index in [1.165, 1.54) is 6.20 Å². The van der Waals surface area contributed by atoms with E-state index in [-0.39, 0.29) is 18.0 Å². The van der Waals surface area contributed by atoms with E-state index in [2.05, 4.69) is 4.98 Å². The number of hydrogen-bond donors (Lipinski definition) is 0. The van der Waals surface area contributed by atoms with Gasteiger partial charge in [0.1, 0.15) is 16.5 Å². The summed E-state index contributed by atoms with van der Waals surface area (Å²) in [5, 5.41) is 0.775. The third-order valence-electron chi connectivity index (χ3n) is 3.17. The quantitative estimate of drug-likeness (QED) is 0.472. The molecule has 0 bridgehead atoms. The first-order chi connectivity index (χ1) is 12.5. The zero-order valence-electron chi connectivity index (χ0n) is 14.4. The van der Waals surface area contributed by atoms with Crippen LogP contribution in [0.5, 0.6) is 17.4 Å². The third-order valence-corrected chi connectivity index (χ3v) is 4.19. The van der Waals surface area contributed by atoms with Crippen LogP contribution in [0, 0.1) is 0 Å². The molecule has 0 aliphatic rings. The molecule has 1 aromatic heterocycles. The van der Waals surface area contributed by atoms with Crippen LogP contribution in [-0.4, -0.2) is 22.8 Å². The van der Waals surface area contributed by atoms with Gasteiger partial charge in [0.05, 0.1) is 29.6 Å². The molecule has 0 aliphatic carbocycles. The molecule has 1 unspecified atom stereocenters. The maximum atomic E-state index is 11.5. The average Bonchev–Trinajstić information content (AvgIpc) is 2.62. The second-order valence-corrected chi connectivity index (χ2v) is 7.17. The van der Waals surface area contributed by atoms with Crippen molar-refractivity contribution in [3.8, 4) is 17.4 Å². The maximum absolute atomic E-state index is 11.5. The summed E-state index contributed by atoms with van der Waals surface area (Å²) >= 11 is 13.0. The Bertz CT molecular complexity index is 728. The van der Waals surface area contributed by atoms with Crippen molar-refractivity contribution in [2.75, 3.05) is 5.75 Å². The lowest BCUT2D eigenvalue weighted by Gasteiger charge is -2.14. The Kier molecular flexibility index (Phi) is 8.35. The van der Waals surface area contributed by atoms with Crippen molar-refractivity contribution in [3.05, 3.63) is 46.6 Å². The molecule has 2 rings (SSSR count). The van der Waals surface area contributed by atoms with Crippen molar-refractivity contribution in [1.82, 2.24) is 4.98 Å². The van der Waals surface area contributed by atoms with Crippen LogP contribution < -0.4 is 9.47 Å². The summed E-state index contributed by atoms with van der Waals surface area (Å²) in [5.41, 5.74) is 0. The van der Waals surface area contributed by atoms with Gasteiger partial charge in [-0.1, -0.05) is 30.1 Å². The molecule has 1 heterocycles. The van der Waals surface area contributed by atoms with Crippen LogP contribution in [0.2, 0.25) is 10.0 Å². The van der Waals surface area contributed by atoms with Crippen LogP contribution >= 0.6 is 35.2 Å². The molecule has 0 N–H and O–H groups in total. The SMILES string of the molecule is CCSOC(=O)CCC(C)Oc1ccc(Oc2ncc(Cl)cc2Cl)cc1. The fourth-order valence-corrected chi connectivity index (χ4v) is 2.70. The molecule has 0 saturated heterocycles. The Labute approximate surface area is 167 Å². The number of ether oxygens (including phenoxy) is 2. The molecule has 2 aromatic rings. The minimum atomic E-state index is -0.233. The number of hydrogen-bond acceptors (Lipinski definition) is 6. The molecule has 140 valence electrons. The van der Waals surface area contributed by atoms with Crippen LogP contribution in [0.3, 0.4) is 0 Å². The minimum absolute atomic E-state index is 0.117. The highest BCUT2D eigenvalue weighted by atomic mass is 35.5. The first-order valence-corrected chi connectivity index (χ1v) is 9.72. The van der Waals surface area contributed by atoms with E-state index < -0.39 is 0 Å². The number of benzene rings is 1. The molecule has 5 nitrogen and oxygen atoms in total. The normalized spacial score (nSPS) is 11.7. The second kappa shape index (κ2) is 10.5. The molecule has 1 atom stereocenters. The van der Waals surface area contributed by atoms with Gasteiger partial charge < -0.3 is 13.7 Å². The fourth-order valence-electron chi connectivity index (χ4n) is 1.95. The number of nitrogens with zero attached hydrogens (tertiary/aromatic N) is 1. The van der Waals surface area contributed by atoms with E-state index in [0.717, 1.165) is 17.8 Å². The van der Waals surface area contributed by atoms with Gasteiger partial charge >= 0.3 is 5.97 Å². The largest absolute Gasteiger partial charge is 0.491 e. The molecule has 0 fully saturated rings. The van der Waals surface area contributed by atoms with Gasteiger partial charge in [-0.15, -0.1) is 0 Å². The van der Waals surface area contributed by atoms with Crippen molar-refractivity contribution in [3.63, 3.8) is 0 Å². The van der Waals surface area contributed by atoms with Gasteiger partial charge in [-0.05, 0) is 43.7 Å². The Morgan fingerprint density at radius 2 is 1.92 bits per heavy atom. The predicted octanol–water partition coefficient (Wildman–Crippen LogP) is 5.94. The molecular weight excluding hydrogens is 397 g/mol. The number of pyridine rings is 1. The van der Waals surface area contributed by atoms with Crippen molar-refractivity contribution in [2.24, 2.45) is 0 Å². The van der Waals surface area contributed by atoms with Crippen LogP contribution in [-0.2, 0) is 8.98 Å². The highest BCUT2D eigenvalue weighted by Crippen LogP contribution is 2.30. The summed E-state index contributed by atoms with van der Waals surface area (Å²) in [6.07, 6.45) is 2.24. The molecule has 0 amide bonds. The summed E-state index contributed by atoms with van der Waals surface area (Å²) in [6, 6.07) is 8.62. The number of halogens is 2. The number of carbonyl (C=O) groups is 1. The van der Waals surface area contributed by atoms with Crippen LogP contribution in [0.25, 0.3) is 0 Å². The standard InChI is InChI=1S/C18H19Cl2NO4S/c1-3-26-25-17(22)9-4-12(2)23-14-5-7-15(8-6-14)24-18-16(20)10-13(19)11-21-18/h5-8,10-12H,3-4,9H2,1-2H3. The summed E-state index contributed by atoms with van der Waals surface area (Å²) in [4.78, 5) is 15.5. The molecule has 26 heavy (non-hydrogen) atoms. The third kappa shape index (κ3) is 6.94. The molecule has 0 aliphatic heterocycles. The summed E-state index contributed by atoms with van der Waals surface area (Å²) in [6.45, 7) is 3.83. The Hall–Kier alpha value is -1.63. The van der Waals surface area contributed by atoms with Gasteiger partial charge in [0.25, 0.3) is 0 Å². The zero-order chi connectivity index (χ0) is 18.9. The van der Waals surface area contributed by atoms with Gasteiger partial charge in [-0.2, -0.15) is 0 Å². The van der Waals surface area contributed by atoms with E-state index in [0.29, 0.717) is 34.4 Å². The van der Waals surface area contributed by atoms with E-state index in [4.69, 9.17) is 36.9 Å². The highest BCUT2D eigenvalue weighted by molar-refractivity contribution is 7.95. The lowest BCUT2D eigenvalue weighted by Crippen LogP contribution is -2.14. The molecule has 8 heteroatoms. The van der Waals surface area contributed by atoms with Crippen molar-refractivity contribution in [1.29, 1.82) is 0 Å². The molecule has 0 saturated carbocycles. The molecule has 1 aromatic carbocycles. The molecule has 0 spiro atoms. The van der Waals surface area contributed by atoms with Gasteiger partial charge in [0, 0.05) is 11.9 Å². The highest BCUT2D eigenvalue weighted by Gasteiger charge is 2.10. The van der Waals surface area contributed by atoms with Crippen molar-refractivity contribution >= 4 is 41.2 Å². The Morgan fingerprint density at radius 1 is 1.23 bits per heavy atom. The van der Waals surface area contributed by atoms with Gasteiger partial charge in [-0.25, -0.2) is 4.98 Å². The van der Waals surface area contributed by atoms with E-state index in [9.17, 15) is 4.79 Å². The van der Waals surface area contributed by atoms with Gasteiger partial charge in [-0.3, -0.25) is 4.79 Å². The average molecular weight is 416 g/mol. The Morgan fingerprint density at radius 3 is 2.58 bits per heavy atom. The first kappa shape index (κ1) is 20.7. The van der Waals surface area contributed by atoms with Gasteiger partial charge in [0.15, 0.2) is 0 Å². The monoisotopic (exact) mass is 415 g/mol. The number of carbonyl (C=O) groups excluding carboxylic acids is 1. The number of aromatic nitrogens is 1. The predicted molar refractivity (Wildman–Crippen MR) is 104 cm³/mol. The molecular formula is C18H19Cl2NO4S.